The summed E-state index contributed by atoms with van der Waals surface area (Å²) in [6.07, 6.45) is 0.837. The van der Waals surface area contributed by atoms with Crippen LogP contribution in [0.15, 0.2) is 54.7 Å². The van der Waals surface area contributed by atoms with Crippen molar-refractivity contribution in [2.45, 2.75) is 19.6 Å². The van der Waals surface area contributed by atoms with E-state index in [0.29, 0.717) is 18.9 Å². The van der Waals surface area contributed by atoms with Crippen LogP contribution in [0.3, 0.4) is 0 Å². The molecule has 0 radical (unpaired) electrons. The highest BCUT2D eigenvalue weighted by Gasteiger charge is 2.23. The first-order valence-corrected chi connectivity index (χ1v) is 6.54. The van der Waals surface area contributed by atoms with E-state index in [2.05, 4.69) is 4.98 Å². The standard InChI is InChI=1S/C16H17NO3/c1-2-19-16(18)15(14-10-6-7-11-17-14)20-12-13-8-4-3-5-9-13/h3-11,15H,2,12H2,1H3. The molecule has 0 aliphatic carbocycles. The Labute approximate surface area is 118 Å². The summed E-state index contributed by atoms with van der Waals surface area (Å²) in [4.78, 5) is 16.1. The SMILES string of the molecule is CCOC(=O)C(OCc1ccccc1)c1ccccn1. The maximum absolute atomic E-state index is 12.0. The lowest BCUT2D eigenvalue weighted by Gasteiger charge is -2.16. The average Bonchev–Trinajstić information content (AvgIpc) is 2.50. The number of benzene rings is 1. The molecule has 0 saturated heterocycles. The number of rotatable bonds is 6. The summed E-state index contributed by atoms with van der Waals surface area (Å²) in [5.74, 6) is -0.415. The highest BCUT2D eigenvalue weighted by atomic mass is 16.6. The lowest BCUT2D eigenvalue weighted by Crippen LogP contribution is -2.20. The first-order chi connectivity index (χ1) is 9.81. The van der Waals surface area contributed by atoms with Crippen LogP contribution in [0.1, 0.15) is 24.3 Å². The van der Waals surface area contributed by atoms with Gasteiger partial charge in [0.2, 0.25) is 0 Å². The van der Waals surface area contributed by atoms with Crippen molar-refractivity contribution in [3.63, 3.8) is 0 Å². The first kappa shape index (κ1) is 14.2. The zero-order valence-corrected chi connectivity index (χ0v) is 11.4. The highest BCUT2D eigenvalue weighted by Crippen LogP contribution is 2.18. The van der Waals surface area contributed by atoms with Gasteiger partial charge in [-0.1, -0.05) is 36.4 Å². The van der Waals surface area contributed by atoms with E-state index in [0.717, 1.165) is 5.56 Å². The molecule has 1 aromatic carbocycles. The number of hydrogen-bond acceptors (Lipinski definition) is 4. The van der Waals surface area contributed by atoms with Crippen molar-refractivity contribution in [2.24, 2.45) is 0 Å². The molecule has 4 heteroatoms. The van der Waals surface area contributed by atoms with E-state index in [4.69, 9.17) is 9.47 Å². The molecular formula is C16H17NO3. The van der Waals surface area contributed by atoms with Gasteiger partial charge in [0.05, 0.1) is 18.9 Å². The molecule has 4 nitrogen and oxygen atoms in total. The van der Waals surface area contributed by atoms with E-state index in [9.17, 15) is 4.79 Å². The van der Waals surface area contributed by atoms with Crippen molar-refractivity contribution in [3.8, 4) is 0 Å². The lowest BCUT2D eigenvalue weighted by atomic mass is 10.2. The Morgan fingerprint density at radius 1 is 1.15 bits per heavy atom. The Morgan fingerprint density at radius 3 is 2.55 bits per heavy atom. The molecule has 104 valence electrons. The second-order valence-electron chi connectivity index (χ2n) is 4.18. The Balaban J connectivity index is 2.09. The van der Waals surface area contributed by atoms with Crippen LogP contribution in [0.5, 0.6) is 0 Å². The van der Waals surface area contributed by atoms with Crippen LogP contribution >= 0.6 is 0 Å². The number of nitrogens with zero attached hydrogens (tertiary/aromatic N) is 1. The Morgan fingerprint density at radius 2 is 1.90 bits per heavy atom. The molecule has 1 unspecified atom stereocenters. The normalized spacial score (nSPS) is 11.8. The number of ether oxygens (including phenoxy) is 2. The zero-order chi connectivity index (χ0) is 14.2. The van der Waals surface area contributed by atoms with Crippen LogP contribution in [0.4, 0.5) is 0 Å². The van der Waals surface area contributed by atoms with Gasteiger partial charge in [0.1, 0.15) is 0 Å². The van der Waals surface area contributed by atoms with Gasteiger partial charge in [-0.3, -0.25) is 4.98 Å². The fraction of sp³-hybridized carbons (Fsp3) is 0.250. The van der Waals surface area contributed by atoms with Crippen molar-refractivity contribution in [1.82, 2.24) is 4.98 Å². The van der Waals surface area contributed by atoms with E-state index in [1.165, 1.54) is 0 Å². The molecule has 1 heterocycles. The van der Waals surface area contributed by atoms with Crippen LogP contribution in [-0.2, 0) is 20.9 Å². The Hall–Kier alpha value is -2.20. The quantitative estimate of drug-likeness (QED) is 0.758. The van der Waals surface area contributed by atoms with Crippen LogP contribution in [0, 0.1) is 0 Å². The Kier molecular flexibility index (Phi) is 5.26. The Bertz CT molecular complexity index is 528. The van der Waals surface area contributed by atoms with E-state index in [1.807, 2.05) is 36.4 Å². The molecule has 0 bridgehead atoms. The van der Waals surface area contributed by atoms with Crippen molar-refractivity contribution < 1.29 is 14.3 Å². The molecule has 2 aromatic rings. The fourth-order valence-corrected chi connectivity index (χ4v) is 1.78. The van der Waals surface area contributed by atoms with E-state index >= 15 is 0 Å². The highest BCUT2D eigenvalue weighted by molar-refractivity contribution is 5.75. The van der Waals surface area contributed by atoms with Gasteiger partial charge in [0, 0.05) is 6.20 Å². The number of esters is 1. The minimum absolute atomic E-state index is 0.316. The molecule has 0 aliphatic rings. The summed E-state index contributed by atoms with van der Waals surface area (Å²) < 4.78 is 10.7. The van der Waals surface area contributed by atoms with E-state index in [1.54, 1.807) is 25.3 Å². The predicted octanol–water partition coefficient (Wildman–Crippen LogP) is 2.90. The minimum Gasteiger partial charge on any atom is -0.464 e. The topological polar surface area (TPSA) is 48.4 Å². The van der Waals surface area contributed by atoms with E-state index in [-0.39, 0.29) is 0 Å². The van der Waals surface area contributed by atoms with E-state index < -0.39 is 12.1 Å². The van der Waals surface area contributed by atoms with Gasteiger partial charge in [-0.05, 0) is 24.6 Å². The molecule has 20 heavy (non-hydrogen) atoms. The molecular weight excluding hydrogens is 254 g/mol. The van der Waals surface area contributed by atoms with Crippen molar-refractivity contribution in [2.75, 3.05) is 6.61 Å². The third kappa shape index (κ3) is 3.90. The maximum atomic E-state index is 12.0. The first-order valence-electron chi connectivity index (χ1n) is 6.54. The molecule has 0 amide bonds. The molecule has 0 saturated carbocycles. The fourth-order valence-electron chi connectivity index (χ4n) is 1.78. The summed E-state index contributed by atoms with van der Waals surface area (Å²) in [6.45, 7) is 2.42. The van der Waals surface area contributed by atoms with Crippen LogP contribution in [0.2, 0.25) is 0 Å². The van der Waals surface area contributed by atoms with Gasteiger partial charge in [-0.2, -0.15) is 0 Å². The van der Waals surface area contributed by atoms with Gasteiger partial charge < -0.3 is 9.47 Å². The number of aromatic nitrogens is 1. The zero-order valence-electron chi connectivity index (χ0n) is 11.4. The number of pyridine rings is 1. The van der Waals surface area contributed by atoms with Crippen LogP contribution in [0.25, 0.3) is 0 Å². The second-order valence-corrected chi connectivity index (χ2v) is 4.18. The van der Waals surface area contributed by atoms with Crippen LogP contribution < -0.4 is 0 Å². The van der Waals surface area contributed by atoms with Gasteiger partial charge in [-0.25, -0.2) is 4.79 Å². The van der Waals surface area contributed by atoms with Gasteiger partial charge in [0.25, 0.3) is 0 Å². The molecule has 0 fully saturated rings. The summed E-state index contributed by atoms with van der Waals surface area (Å²) >= 11 is 0. The van der Waals surface area contributed by atoms with Crippen molar-refractivity contribution >= 4 is 5.97 Å². The molecule has 0 N–H and O–H groups in total. The number of carbonyl (C=O) groups is 1. The third-order valence-corrected chi connectivity index (χ3v) is 2.72. The monoisotopic (exact) mass is 271 g/mol. The molecule has 2 rings (SSSR count). The van der Waals surface area contributed by atoms with Gasteiger partial charge in [0.15, 0.2) is 6.10 Å². The molecule has 0 aliphatic heterocycles. The number of carbonyl (C=O) groups excluding carboxylic acids is 1. The second kappa shape index (κ2) is 7.40. The minimum atomic E-state index is -0.795. The summed E-state index contributed by atoms with van der Waals surface area (Å²) in [6, 6.07) is 15.1. The largest absolute Gasteiger partial charge is 0.464 e. The lowest BCUT2D eigenvalue weighted by molar-refractivity contribution is -0.158. The summed E-state index contributed by atoms with van der Waals surface area (Å²) in [5, 5.41) is 0. The maximum Gasteiger partial charge on any atom is 0.341 e. The van der Waals surface area contributed by atoms with Crippen LogP contribution in [-0.4, -0.2) is 17.6 Å². The van der Waals surface area contributed by atoms with Gasteiger partial charge in [-0.15, -0.1) is 0 Å². The third-order valence-electron chi connectivity index (χ3n) is 2.72. The molecule has 1 atom stereocenters. The smallest absolute Gasteiger partial charge is 0.341 e. The van der Waals surface area contributed by atoms with Crippen molar-refractivity contribution in [3.05, 3.63) is 66.0 Å². The van der Waals surface area contributed by atoms with Gasteiger partial charge >= 0.3 is 5.97 Å². The summed E-state index contributed by atoms with van der Waals surface area (Å²) in [7, 11) is 0. The number of hydrogen-bond donors (Lipinski definition) is 0. The molecule has 1 aromatic heterocycles. The van der Waals surface area contributed by atoms with Crippen molar-refractivity contribution in [1.29, 1.82) is 0 Å². The predicted molar refractivity (Wildman–Crippen MR) is 74.8 cm³/mol. The summed E-state index contributed by atoms with van der Waals surface area (Å²) in [5.41, 5.74) is 1.56. The molecule has 0 spiro atoms. The average molecular weight is 271 g/mol.